The molecule has 3 aromatic carbocycles. The molecule has 3 aliphatic heterocycles. The van der Waals surface area contributed by atoms with Gasteiger partial charge >= 0.3 is 0 Å². The van der Waals surface area contributed by atoms with Gasteiger partial charge < -0.3 is 4.74 Å². The zero-order chi connectivity index (χ0) is 23.7. The largest absolute Gasteiger partial charge is 0.478 e. The minimum Gasteiger partial charge on any atom is -0.478 e. The lowest BCUT2D eigenvalue weighted by molar-refractivity contribution is 0.279. The minimum atomic E-state index is -2.02. The summed E-state index contributed by atoms with van der Waals surface area (Å²) < 4.78 is 6.42. The Hall–Kier alpha value is -2.22. The molecule has 1 saturated heterocycles. The van der Waals surface area contributed by atoms with Crippen LogP contribution < -0.4 is 0 Å². The molecule has 0 radical (unpaired) electrons. The van der Waals surface area contributed by atoms with E-state index < -0.39 is 6.04 Å². The van der Waals surface area contributed by atoms with Gasteiger partial charge in [0.25, 0.3) is 0 Å². The van der Waals surface area contributed by atoms with Gasteiger partial charge in [0.15, 0.2) is 5.90 Å². The molecule has 4 heteroatoms. The molecule has 0 spiro atoms. The maximum Gasteiger partial charge on any atom is 0.193 e. The molecule has 0 unspecified atom stereocenters. The van der Waals surface area contributed by atoms with E-state index in [1.165, 1.54) is 32.8 Å². The fraction of sp³-hybridized carbons (Fsp3) is 0.367. The standard InChI is InChI=1S/C30H32NOPS/c1-19(2)25-17-32-29(31-25)28-26(22-12-6-5-7-13-22)30(4)18-33(28,34)27(20(30)3)24-16-10-14-21-11-8-9-15-23(21)24/h5-16,19,25-26,28H,17-18H2,1-4H3/t25-,26-,28-,30-,33+/m1/s1. The summed E-state index contributed by atoms with van der Waals surface area (Å²) in [5.74, 6) is 1.71. The summed E-state index contributed by atoms with van der Waals surface area (Å²) in [7, 11) is 0. The van der Waals surface area contributed by atoms with Crippen molar-refractivity contribution in [2.75, 3.05) is 12.8 Å². The third-order valence-corrected chi connectivity index (χ3v) is 14.0. The van der Waals surface area contributed by atoms with Gasteiger partial charge in [-0.3, -0.25) is 0 Å². The molecule has 1 fully saturated rings. The van der Waals surface area contributed by atoms with Crippen LogP contribution >= 0.6 is 6.04 Å². The van der Waals surface area contributed by atoms with Crippen molar-refractivity contribution in [3.05, 3.63) is 89.5 Å². The Morgan fingerprint density at radius 3 is 2.44 bits per heavy atom. The summed E-state index contributed by atoms with van der Waals surface area (Å²) in [5.41, 5.74) is 4.36. The smallest absolute Gasteiger partial charge is 0.193 e. The van der Waals surface area contributed by atoms with Gasteiger partial charge in [-0.2, -0.15) is 0 Å². The number of hydrogen-bond acceptors (Lipinski definition) is 3. The molecule has 6 rings (SSSR count). The van der Waals surface area contributed by atoms with Crippen LogP contribution in [0.15, 0.2) is 83.4 Å². The zero-order valence-electron chi connectivity index (χ0n) is 20.4. The van der Waals surface area contributed by atoms with Gasteiger partial charge in [0, 0.05) is 11.3 Å². The van der Waals surface area contributed by atoms with Gasteiger partial charge in [0.1, 0.15) is 6.61 Å². The molecule has 0 amide bonds. The highest BCUT2D eigenvalue weighted by Gasteiger charge is 2.64. The van der Waals surface area contributed by atoms with E-state index in [9.17, 15) is 0 Å². The number of allylic oxidation sites excluding steroid dienone is 1. The lowest BCUT2D eigenvalue weighted by Crippen LogP contribution is -2.35. The van der Waals surface area contributed by atoms with Crippen LogP contribution in [-0.2, 0) is 16.5 Å². The van der Waals surface area contributed by atoms with Gasteiger partial charge in [-0.15, -0.1) is 0 Å². The quantitative estimate of drug-likeness (QED) is 0.353. The SMILES string of the molecule is CC1=C(c2cccc3ccccc23)[P@@]2(=S)C[C@@]1(C)[C@H](c1ccccc1)[C@@H]2C1=N[C@@H](C(C)C)CO1. The van der Waals surface area contributed by atoms with Crippen molar-refractivity contribution >= 4 is 39.8 Å². The first-order valence-corrected chi connectivity index (χ1v) is 15.4. The second-order valence-corrected chi connectivity index (χ2v) is 15.7. The summed E-state index contributed by atoms with van der Waals surface area (Å²) in [6.45, 7) is 9.96. The van der Waals surface area contributed by atoms with E-state index in [1.54, 1.807) is 0 Å². The molecule has 0 aliphatic carbocycles. The van der Waals surface area contributed by atoms with Crippen molar-refractivity contribution in [1.82, 2.24) is 0 Å². The van der Waals surface area contributed by atoms with Crippen molar-refractivity contribution in [2.45, 2.75) is 45.3 Å². The van der Waals surface area contributed by atoms with E-state index in [1.807, 2.05) is 0 Å². The van der Waals surface area contributed by atoms with Crippen LogP contribution in [0.5, 0.6) is 0 Å². The fourth-order valence-electron chi connectivity index (χ4n) is 6.68. The topological polar surface area (TPSA) is 21.6 Å². The molecular formula is C30H32NOPS. The van der Waals surface area contributed by atoms with Crippen molar-refractivity contribution < 1.29 is 4.74 Å². The second kappa shape index (κ2) is 7.90. The molecule has 3 aromatic rings. The summed E-state index contributed by atoms with van der Waals surface area (Å²) in [4.78, 5) is 5.19. The van der Waals surface area contributed by atoms with Crippen LogP contribution in [0.3, 0.4) is 0 Å². The maximum atomic E-state index is 6.86. The minimum absolute atomic E-state index is 0.00955. The molecule has 0 saturated carbocycles. The molecule has 34 heavy (non-hydrogen) atoms. The predicted molar refractivity (Wildman–Crippen MR) is 149 cm³/mol. The fourth-order valence-corrected chi connectivity index (χ4v) is 13.8. The van der Waals surface area contributed by atoms with E-state index in [-0.39, 0.29) is 17.1 Å². The first kappa shape index (κ1) is 22.3. The van der Waals surface area contributed by atoms with Crippen LogP contribution in [0.25, 0.3) is 16.1 Å². The van der Waals surface area contributed by atoms with E-state index in [2.05, 4.69) is 100 Å². The molecule has 5 atom stereocenters. The number of nitrogens with zero attached hydrogens (tertiary/aromatic N) is 1. The van der Waals surface area contributed by atoms with E-state index in [4.69, 9.17) is 21.5 Å². The number of fused-ring (bicyclic) bond motifs is 3. The third-order valence-electron chi connectivity index (χ3n) is 8.53. The third kappa shape index (κ3) is 3.06. The van der Waals surface area contributed by atoms with Gasteiger partial charge in [-0.1, -0.05) is 111 Å². The van der Waals surface area contributed by atoms with Crippen molar-refractivity contribution in [1.29, 1.82) is 0 Å². The lowest BCUT2D eigenvalue weighted by Gasteiger charge is -2.40. The number of benzene rings is 3. The molecule has 0 N–H and O–H groups in total. The van der Waals surface area contributed by atoms with Crippen LogP contribution in [0.4, 0.5) is 0 Å². The highest BCUT2D eigenvalue weighted by molar-refractivity contribution is 8.20. The van der Waals surface area contributed by atoms with Crippen molar-refractivity contribution in [2.24, 2.45) is 16.3 Å². The molecule has 3 heterocycles. The van der Waals surface area contributed by atoms with Crippen molar-refractivity contribution in [3.63, 3.8) is 0 Å². The summed E-state index contributed by atoms with van der Waals surface area (Å²) in [6, 6.07) is 24.6. The normalized spacial score (nSPS) is 32.5. The Balaban J connectivity index is 1.60. The lowest BCUT2D eigenvalue weighted by atomic mass is 9.68. The molecular weight excluding hydrogens is 453 g/mol. The van der Waals surface area contributed by atoms with Gasteiger partial charge in [-0.05, 0) is 52.3 Å². The van der Waals surface area contributed by atoms with Gasteiger partial charge in [-0.25, -0.2) is 4.99 Å². The van der Waals surface area contributed by atoms with E-state index >= 15 is 0 Å². The monoisotopic (exact) mass is 485 g/mol. The highest BCUT2D eigenvalue weighted by Crippen LogP contribution is 2.83. The van der Waals surface area contributed by atoms with E-state index in [0.717, 1.165) is 12.1 Å². The van der Waals surface area contributed by atoms with Crippen molar-refractivity contribution in [3.8, 4) is 0 Å². The van der Waals surface area contributed by atoms with Gasteiger partial charge in [0.05, 0.1) is 11.7 Å². The maximum absolute atomic E-state index is 6.86. The van der Waals surface area contributed by atoms with Crippen LogP contribution in [0, 0.1) is 11.3 Å². The Kier molecular flexibility index (Phi) is 5.17. The number of rotatable bonds is 4. The second-order valence-electron chi connectivity index (χ2n) is 10.8. The molecule has 2 nitrogen and oxygen atoms in total. The van der Waals surface area contributed by atoms with Crippen LogP contribution in [0.1, 0.15) is 44.7 Å². The molecule has 2 bridgehead atoms. The summed E-state index contributed by atoms with van der Waals surface area (Å²) in [6.07, 6.45) is 1.05. The van der Waals surface area contributed by atoms with Crippen LogP contribution in [-0.4, -0.2) is 30.4 Å². The Morgan fingerprint density at radius 2 is 1.71 bits per heavy atom. The first-order chi connectivity index (χ1) is 16.3. The van der Waals surface area contributed by atoms with Crippen LogP contribution in [0.2, 0.25) is 0 Å². The molecule has 0 aromatic heterocycles. The average molecular weight is 486 g/mol. The highest BCUT2D eigenvalue weighted by atomic mass is 32.4. The molecule has 3 aliphatic rings. The predicted octanol–water partition coefficient (Wildman–Crippen LogP) is 7.69. The van der Waals surface area contributed by atoms with E-state index in [0.29, 0.717) is 18.4 Å². The summed E-state index contributed by atoms with van der Waals surface area (Å²) >= 11 is 6.86. The summed E-state index contributed by atoms with van der Waals surface area (Å²) in [5, 5.41) is 4.03. The Labute approximate surface area is 208 Å². The number of aliphatic imine (C=N–C) groups is 1. The Bertz CT molecular complexity index is 1390. The number of ether oxygens (including phenoxy) is 1. The average Bonchev–Trinajstić information content (AvgIpc) is 3.46. The number of hydrogen-bond donors (Lipinski definition) is 0. The zero-order valence-corrected chi connectivity index (χ0v) is 22.1. The molecule has 174 valence electrons. The Morgan fingerprint density at radius 1 is 1.00 bits per heavy atom. The first-order valence-electron chi connectivity index (χ1n) is 12.4. The van der Waals surface area contributed by atoms with Gasteiger partial charge in [0.2, 0.25) is 0 Å².